The summed E-state index contributed by atoms with van der Waals surface area (Å²) in [4.78, 5) is 47.0. The summed E-state index contributed by atoms with van der Waals surface area (Å²) in [7, 11) is -3.07. The lowest BCUT2D eigenvalue weighted by Gasteiger charge is -2.50. The van der Waals surface area contributed by atoms with Crippen LogP contribution >= 0.6 is 22.9 Å². The molecule has 1 aliphatic heterocycles. The van der Waals surface area contributed by atoms with E-state index in [9.17, 15) is 27.9 Å². The third kappa shape index (κ3) is 8.35. The van der Waals surface area contributed by atoms with E-state index in [1.54, 1.807) is 12.1 Å². The SMILES string of the molecule is CCCCn1cc(-c2ccc(OC[C@H](O/N=C(\C(=O)N[C@@H]3C(=O)N(OS(=O)(=O)O)C3(C)C)c3nc(N)sc3Cl)C(=O)O)cc2)c[n+]1C. The van der Waals surface area contributed by atoms with Crippen molar-refractivity contribution in [2.24, 2.45) is 12.2 Å². The van der Waals surface area contributed by atoms with Crippen molar-refractivity contribution in [1.82, 2.24) is 20.0 Å². The number of rotatable bonds is 15. The molecule has 4 rings (SSSR count). The molecule has 1 aliphatic rings. The summed E-state index contributed by atoms with van der Waals surface area (Å²) in [5, 5.41) is 16.1. The number of aliphatic carboxylic acids is 1. The molecule has 47 heavy (non-hydrogen) atoms. The number of amides is 2. The molecule has 254 valence electrons. The standard InChI is InChI=1S/C27H32ClN7O10S2/c1-5-6-11-34-13-16(12-33(34)4)15-7-9-17(10-8-15)43-14-18(25(38)39)44-32-20(19-22(28)46-26(29)30-19)23(36)31-21-24(37)35(27(21,2)3)45-47(40,41)42/h7-10,12-13,18,21H,5-6,11,14H2,1-4H3,(H4-,29,30,31,36,38,39,40,41,42)/p+1/b32-20-/t18-,21+/m0/s1. The number of carbonyl (C=O) groups is 3. The van der Waals surface area contributed by atoms with Crippen LogP contribution in [0.1, 0.15) is 39.3 Å². The highest BCUT2D eigenvalue weighted by molar-refractivity contribution is 7.80. The van der Waals surface area contributed by atoms with Gasteiger partial charge in [0.05, 0.1) is 23.8 Å². The fourth-order valence-electron chi connectivity index (χ4n) is 4.51. The monoisotopic (exact) mass is 714 g/mol. The van der Waals surface area contributed by atoms with Crippen LogP contribution in [-0.4, -0.2) is 80.6 Å². The van der Waals surface area contributed by atoms with E-state index in [1.165, 1.54) is 13.8 Å². The van der Waals surface area contributed by atoms with Gasteiger partial charge in [0, 0.05) is 0 Å². The summed E-state index contributed by atoms with van der Waals surface area (Å²) in [6, 6.07) is 5.63. The maximum atomic E-state index is 13.3. The van der Waals surface area contributed by atoms with Gasteiger partial charge in [-0.3, -0.25) is 14.1 Å². The Morgan fingerprint density at radius 1 is 1.28 bits per heavy atom. The normalized spacial score (nSPS) is 16.8. The van der Waals surface area contributed by atoms with E-state index in [4.69, 9.17) is 31.5 Å². The van der Waals surface area contributed by atoms with Gasteiger partial charge in [-0.05, 0) is 38.0 Å². The second-order valence-corrected chi connectivity index (χ2v) is 13.5. The van der Waals surface area contributed by atoms with E-state index in [-0.39, 0.29) is 15.2 Å². The van der Waals surface area contributed by atoms with Gasteiger partial charge in [0.25, 0.3) is 17.9 Å². The van der Waals surface area contributed by atoms with Gasteiger partial charge in [0.15, 0.2) is 17.9 Å². The van der Waals surface area contributed by atoms with Crippen molar-refractivity contribution < 1.29 is 51.0 Å². The smallest absolute Gasteiger partial charge is 0.418 e. The highest BCUT2D eigenvalue weighted by atomic mass is 35.5. The molecular weight excluding hydrogens is 682 g/mol. The van der Waals surface area contributed by atoms with E-state index in [1.807, 2.05) is 36.3 Å². The van der Waals surface area contributed by atoms with Crippen molar-refractivity contribution in [3.63, 3.8) is 0 Å². The van der Waals surface area contributed by atoms with Gasteiger partial charge in [-0.25, -0.2) is 9.78 Å². The third-order valence-corrected chi connectivity index (χ3v) is 8.48. The Labute approximate surface area is 278 Å². The summed E-state index contributed by atoms with van der Waals surface area (Å²) in [6.07, 6.45) is 4.45. The molecule has 3 aromatic rings. The molecule has 1 aromatic carbocycles. The lowest BCUT2D eigenvalue weighted by molar-refractivity contribution is -0.753. The molecule has 1 fully saturated rings. The van der Waals surface area contributed by atoms with Gasteiger partial charge in [-0.15, -0.1) is 8.97 Å². The number of carboxylic acids is 1. The molecule has 2 atom stereocenters. The molecule has 0 saturated carbocycles. The number of nitrogens with one attached hydrogen (secondary N) is 1. The Balaban J connectivity index is 1.47. The fraction of sp³-hybridized carbons (Fsp3) is 0.407. The maximum absolute atomic E-state index is 13.3. The number of nitrogen functional groups attached to an aromatic ring is 1. The van der Waals surface area contributed by atoms with E-state index in [0.717, 1.165) is 41.9 Å². The number of aromatic nitrogens is 3. The number of hydrogen-bond donors (Lipinski definition) is 4. The Bertz CT molecular complexity index is 1790. The first-order valence-corrected chi connectivity index (χ1v) is 16.6. The average Bonchev–Trinajstić information content (AvgIpc) is 3.54. The molecule has 17 nitrogen and oxygen atoms in total. The highest BCUT2D eigenvalue weighted by Crippen LogP contribution is 2.33. The minimum Gasteiger partial charge on any atom is -0.489 e. The van der Waals surface area contributed by atoms with Gasteiger partial charge < -0.3 is 25.7 Å². The predicted octanol–water partition coefficient (Wildman–Crippen LogP) is 1.56. The van der Waals surface area contributed by atoms with Gasteiger partial charge >= 0.3 is 16.4 Å². The number of oxime groups is 1. The van der Waals surface area contributed by atoms with Crippen molar-refractivity contribution in [1.29, 1.82) is 0 Å². The molecule has 0 unspecified atom stereocenters. The first-order chi connectivity index (χ1) is 22.0. The summed E-state index contributed by atoms with van der Waals surface area (Å²) in [5.74, 6) is -3.23. The zero-order valence-corrected chi connectivity index (χ0v) is 28.0. The Morgan fingerprint density at radius 3 is 2.51 bits per heavy atom. The van der Waals surface area contributed by atoms with E-state index in [0.29, 0.717) is 10.8 Å². The summed E-state index contributed by atoms with van der Waals surface area (Å²) < 4.78 is 45.1. The molecule has 2 amide bonds. The number of unbranched alkanes of at least 4 members (excludes halogenated alkanes) is 1. The number of hydroxylamine groups is 2. The number of benzene rings is 1. The minimum absolute atomic E-state index is 0.0499. The van der Waals surface area contributed by atoms with Crippen LogP contribution in [0.25, 0.3) is 11.1 Å². The van der Waals surface area contributed by atoms with Gasteiger partial charge in [-0.1, -0.05) is 53.6 Å². The fourth-order valence-corrected chi connectivity index (χ4v) is 5.89. The van der Waals surface area contributed by atoms with Crippen LogP contribution in [0.3, 0.4) is 0 Å². The number of halogens is 1. The number of carboxylic acid groups (broad SMARTS) is 1. The van der Waals surface area contributed by atoms with Crippen molar-refractivity contribution in [2.75, 3.05) is 12.3 Å². The van der Waals surface area contributed by atoms with Crippen LogP contribution in [0.2, 0.25) is 4.34 Å². The van der Waals surface area contributed by atoms with Crippen molar-refractivity contribution in [2.45, 2.75) is 57.8 Å². The number of thiazole rings is 1. The Hall–Kier alpha value is -4.30. The topological polar surface area (TPSA) is 229 Å². The number of nitrogens with zero attached hydrogens (tertiary/aromatic N) is 5. The third-order valence-electron chi connectivity index (χ3n) is 7.06. The van der Waals surface area contributed by atoms with E-state index < -0.39 is 58.2 Å². The van der Waals surface area contributed by atoms with E-state index >= 15 is 0 Å². The molecule has 0 aliphatic carbocycles. The zero-order valence-electron chi connectivity index (χ0n) is 25.6. The number of hydrogen-bond acceptors (Lipinski definition) is 12. The second-order valence-electron chi connectivity index (χ2n) is 10.9. The van der Waals surface area contributed by atoms with Crippen LogP contribution in [0.15, 0.2) is 41.8 Å². The lowest BCUT2D eigenvalue weighted by atomic mass is 9.84. The zero-order chi connectivity index (χ0) is 34.7. The average molecular weight is 715 g/mol. The molecule has 0 spiro atoms. The Morgan fingerprint density at radius 2 is 1.96 bits per heavy atom. The number of nitrogens with two attached hydrogens (primary N) is 1. The molecule has 20 heteroatoms. The maximum Gasteiger partial charge on any atom is 0.418 e. The van der Waals surface area contributed by atoms with Gasteiger partial charge in [0.1, 0.15) is 28.4 Å². The van der Waals surface area contributed by atoms with Gasteiger partial charge in [0.2, 0.25) is 6.20 Å². The van der Waals surface area contributed by atoms with Crippen LogP contribution in [0.4, 0.5) is 5.13 Å². The molecule has 1 saturated heterocycles. The quantitative estimate of drug-likeness (QED) is 0.0578. The molecule has 3 heterocycles. The van der Waals surface area contributed by atoms with Crippen molar-refractivity contribution >= 4 is 62.0 Å². The number of carbonyl (C=O) groups excluding carboxylic acids is 2. The number of anilines is 1. The highest BCUT2D eigenvalue weighted by Gasteiger charge is 2.58. The molecular formula is C27H33ClN7O10S2+. The molecule has 5 N–H and O–H groups in total. The minimum atomic E-state index is -5.03. The second kappa shape index (κ2) is 14.2. The van der Waals surface area contributed by atoms with Crippen LogP contribution < -0.4 is 20.5 Å². The largest absolute Gasteiger partial charge is 0.489 e. The lowest BCUT2D eigenvalue weighted by Crippen LogP contribution is -2.76. The number of β-lactam (4-membered cyclic amide) rings is 1. The van der Waals surface area contributed by atoms with Crippen LogP contribution in [0, 0.1) is 0 Å². The van der Waals surface area contributed by atoms with E-state index in [2.05, 4.69) is 31.3 Å². The first-order valence-electron chi connectivity index (χ1n) is 14.0. The summed E-state index contributed by atoms with van der Waals surface area (Å²) in [5.41, 5.74) is 5.28. The Kier molecular flexibility index (Phi) is 10.8. The summed E-state index contributed by atoms with van der Waals surface area (Å²) in [6.45, 7) is 5.19. The first kappa shape index (κ1) is 35.6. The molecule has 0 bridgehead atoms. The van der Waals surface area contributed by atoms with Crippen molar-refractivity contribution in [3.8, 4) is 16.9 Å². The van der Waals surface area contributed by atoms with Crippen molar-refractivity contribution in [3.05, 3.63) is 46.7 Å². The molecule has 0 radical (unpaired) electrons. The predicted molar refractivity (Wildman–Crippen MR) is 168 cm³/mol. The number of aryl methyl sites for hydroxylation is 2. The van der Waals surface area contributed by atoms with Crippen LogP contribution in [0.5, 0.6) is 5.75 Å². The van der Waals surface area contributed by atoms with Crippen LogP contribution in [-0.2, 0) is 47.5 Å². The molecule has 2 aromatic heterocycles. The number of ether oxygens (including phenoxy) is 1. The van der Waals surface area contributed by atoms with Gasteiger partial charge in [-0.2, -0.15) is 18.2 Å². The summed E-state index contributed by atoms with van der Waals surface area (Å²) >= 11 is 6.98.